The van der Waals surface area contributed by atoms with E-state index in [9.17, 15) is 4.79 Å². The molecule has 0 radical (unpaired) electrons. The molecule has 3 heteroatoms. The number of rotatable bonds is 10. The number of halogens is 1. The van der Waals surface area contributed by atoms with Crippen LogP contribution in [0.15, 0.2) is 12.2 Å². The molecule has 0 aromatic carbocycles. The van der Waals surface area contributed by atoms with Crippen LogP contribution in [0.3, 0.4) is 0 Å². The SMILES string of the molecule is COC(=O)CCCCCCC/C=C/CCBr. The Morgan fingerprint density at radius 1 is 1.06 bits per heavy atom. The van der Waals surface area contributed by atoms with Crippen molar-refractivity contribution in [3.8, 4) is 0 Å². The first-order valence-corrected chi connectivity index (χ1v) is 7.21. The molecule has 0 amide bonds. The van der Waals surface area contributed by atoms with Crippen molar-refractivity contribution in [2.45, 2.75) is 51.4 Å². The lowest BCUT2D eigenvalue weighted by Crippen LogP contribution is -1.98. The van der Waals surface area contributed by atoms with E-state index in [1.54, 1.807) is 0 Å². The molecular weight excluding hydrogens is 268 g/mol. The van der Waals surface area contributed by atoms with Crippen LogP contribution in [-0.2, 0) is 9.53 Å². The summed E-state index contributed by atoms with van der Waals surface area (Å²) in [5, 5.41) is 1.05. The lowest BCUT2D eigenvalue weighted by atomic mass is 10.1. The monoisotopic (exact) mass is 290 g/mol. The van der Waals surface area contributed by atoms with Gasteiger partial charge in [0.2, 0.25) is 0 Å². The van der Waals surface area contributed by atoms with Gasteiger partial charge in [-0.1, -0.05) is 47.3 Å². The van der Waals surface area contributed by atoms with Crippen molar-refractivity contribution >= 4 is 21.9 Å². The van der Waals surface area contributed by atoms with Gasteiger partial charge in [-0.3, -0.25) is 4.79 Å². The van der Waals surface area contributed by atoms with Gasteiger partial charge in [0.05, 0.1) is 7.11 Å². The largest absolute Gasteiger partial charge is 0.469 e. The van der Waals surface area contributed by atoms with Gasteiger partial charge in [-0.25, -0.2) is 0 Å². The maximum absolute atomic E-state index is 10.8. The molecule has 0 saturated carbocycles. The molecule has 94 valence electrons. The first-order chi connectivity index (χ1) is 7.81. The van der Waals surface area contributed by atoms with Gasteiger partial charge in [-0.05, 0) is 25.7 Å². The highest BCUT2D eigenvalue weighted by Gasteiger charge is 1.98. The minimum atomic E-state index is -0.0855. The highest BCUT2D eigenvalue weighted by atomic mass is 79.9. The quantitative estimate of drug-likeness (QED) is 0.260. The van der Waals surface area contributed by atoms with E-state index in [1.807, 2.05) is 0 Å². The van der Waals surface area contributed by atoms with Gasteiger partial charge < -0.3 is 4.74 Å². The fourth-order valence-electron chi connectivity index (χ4n) is 1.46. The third-order valence-corrected chi connectivity index (χ3v) is 2.88. The van der Waals surface area contributed by atoms with E-state index in [1.165, 1.54) is 32.8 Å². The Labute approximate surface area is 108 Å². The summed E-state index contributed by atoms with van der Waals surface area (Å²) in [6.45, 7) is 0. The smallest absolute Gasteiger partial charge is 0.305 e. The summed E-state index contributed by atoms with van der Waals surface area (Å²) < 4.78 is 4.58. The molecule has 0 unspecified atom stereocenters. The second kappa shape index (κ2) is 12.8. The summed E-state index contributed by atoms with van der Waals surface area (Å²) >= 11 is 3.39. The van der Waals surface area contributed by atoms with Crippen molar-refractivity contribution in [3.63, 3.8) is 0 Å². The molecule has 0 N–H and O–H groups in total. The molecule has 0 bridgehead atoms. The molecule has 0 aliphatic carbocycles. The second-order valence-corrected chi connectivity index (χ2v) is 4.62. The molecule has 0 aliphatic heterocycles. The Kier molecular flexibility index (Phi) is 12.5. The van der Waals surface area contributed by atoms with E-state index < -0.39 is 0 Å². The molecule has 0 spiro atoms. The van der Waals surface area contributed by atoms with Gasteiger partial charge in [0.1, 0.15) is 0 Å². The Morgan fingerprint density at radius 2 is 1.69 bits per heavy atom. The predicted molar refractivity (Wildman–Crippen MR) is 71.9 cm³/mol. The number of unbranched alkanes of at least 4 members (excludes halogenated alkanes) is 5. The summed E-state index contributed by atoms with van der Waals surface area (Å²) in [6.07, 6.45) is 13.2. The fraction of sp³-hybridized carbons (Fsp3) is 0.769. The standard InChI is InChI=1S/C13H23BrO2/c1-16-13(15)11-9-7-5-3-2-4-6-8-10-12-14/h6,8H,2-5,7,9-12H2,1H3/b8-6+. The van der Waals surface area contributed by atoms with Crippen LogP contribution in [0.2, 0.25) is 0 Å². The normalized spacial score (nSPS) is 10.9. The van der Waals surface area contributed by atoms with Gasteiger partial charge in [0, 0.05) is 11.8 Å². The molecule has 0 rings (SSSR count). The molecule has 2 nitrogen and oxygen atoms in total. The molecule has 16 heavy (non-hydrogen) atoms. The number of alkyl halides is 1. The van der Waals surface area contributed by atoms with Crippen molar-refractivity contribution in [1.29, 1.82) is 0 Å². The zero-order chi connectivity index (χ0) is 12.1. The first kappa shape index (κ1) is 15.7. The van der Waals surface area contributed by atoms with Gasteiger partial charge in [-0.15, -0.1) is 0 Å². The Morgan fingerprint density at radius 3 is 2.38 bits per heavy atom. The Balaban J connectivity index is 3.07. The zero-order valence-electron chi connectivity index (χ0n) is 10.2. The van der Waals surface area contributed by atoms with Crippen LogP contribution < -0.4 is 0 Å². The van der Waals surface area contributed by atoms with E-state index in [4.69, 9.17) is 0 Å². The molecule has 0 aromatic heterocycles. The molecule has 0 atom stereocenters. The molecule has 0 aliphatic rings. The maximum atomic E-state index is 10.8. The minimum Gasteiger partial charge on any atom is -0.469 e. The minimum absolute atomic E-state index is 0.0855. The highest BCUT2D eigenvalue weighted by Crippen LogP contribution is 2.08. The van der Waals surface area contributed by atoms with Crippen LogP contribution in [0.25, 0.3) is 0 Å². The number of hydrogen-bond donors (Lipinski definition) is 0. The average molecular weight is 291 g/mol. The molecule has 0 heterocycles. The lowest BCUT2D eigenvalue weighted by Gasteiger charge is -1.99. The van der Waals surface area contributed by atoms with E-state index in [0.717, 1.165) is 24.6 Å². The number of methoxy groups -OCH3 is 1. The number of carbonyl (C=O) groups is 1. The van der Waals surface area contributed by atoms with Crippen molar-refractivity contribution < 1.29 is 9.53 Å². The number of esters is 1. The van der Waals surface area contributed by atoms with E-state index in [0.29, 0.717) is 6.42 Å². The van der Waals surface area contributed by atoms with Crippen LogP contribution in [0.4, 0.5) is 0 Å². The predicted octanol–water partition coefficient (Wildman–Crippen LogP) is 4.23. The van der Waals surface area contributed by atoms with Gasteiger partial charge in [-0.2, -0.15) is 0 Å². The summed E-state index contributed by atoms with van der Waals surface area (Å²) in [5.41, 5.74) is 0. The molecular formula is C13H23BrO2. The van der Waals surface area contributed by atoms with Crippen LogP contribution in [0.5, 0.6) is 0 Å². The van der Waals surface area contributed by atoms with Crippen LogP contribution in [-0.4, -0.2) is 18.4 Å². The average Bonchev–Trinajstić information content (AvgIpc) is 2.31. The van der Waals surface area contributed by atoms with Crippen molar-refractivity contribution in [2.24, 2.45) is 0 Å². The Bertz CT molecular complexity index is 190. The fourth-order valence-corrected chi connectivity index (χ4v) is 1.73. The third-order valence-electron chi connectivity index (χ3n) is 2.42. The van der Waals surface area contributed by atoms with Crippen molar-refractivity contribution in [3.05, 3.63) is 12.2 Å². The third kappa shape index (κ3) is 11.8. The van der Waals surface area contributed by atoms with Crippen molar-refractivity contribution in [1.82, 2.24) is 0 Å². The first-order valence-electron chi connectivity index (χ1n) is 6.09. The van der Waals surface area contributed by atoms with Gasteiger partial charge in [0.25, 0.3) is 0 Å². The highest BCUT2D eigenvalue weighted by molar-refractivity contribution is 9.09. The molecule has 0 fully saturated rings. The Hall–Kier alpha value is -0.310. The summed E-state index contributed by atoms with van der Waals surface area (Å²) in [4.78, 5) is 10.8. The lowest BCUT2D eigenvalue weighted by molar-refractivity contribution is -0.140. The van der Waals surface area contributed by atoms with E-state index >= 15 is 0 Å². The number of allylic oxidation sites excluding steroid dienone is 2. The summed E-state index contributed by atoms with van der Waals surface area (Å²) in [7, 11) is 1.45. The van der Waals surface area contributed by atoms with Crippen molar-refractivity contribution in [2.75, 3.05) is 12.4 Å². The zero-order valence-corrected chi connectivity index (χ0v) is 11.8. The van der Waals surface area contributed by atoms with E-state index in [2.05, 4.69) is 32.8 Å². The van der Waals surface area contributed by atoms with Gasteiger partial charge in [0.15, 0.2) is 0 Å². The van der Waals surface area contributed by atoms with Crippen LogP contribution >= 0.6 is 15.9 Å². The second-order valence-electron chi connectivity index (χ2n) is 3.83. The molecule has 0 saturated heterocycles. The summed E-state index contributed by atoms with van der Waals surface area (Å²) in [6, 6.07) is 0. The number of carbonyl (C=O) groups excluding carboxylic acids is 1. The number of ether oxygens (including phenoxy) is 1. The van der Waals surface area contributed by atoms with Gasteiger partial charge >= 0.3 is 5.97 Å². The topological polar surface area (TPSA) is 26.3 Å². The van der Waals surface area contributed by atoms with Crippen LogP contribution in [0, 0.1) is 0 Å². The van der Waals surface area contributed by atoms with E-state index in [-0.39, 0.29) is 5.97 Å². The van der Waals surface area contributed by atoms with Crippen LogP contribution in [0.1, 0.15) is 51.4 Å². The summed E-state index contributed by atoms with van der Waals surface area (Å²) in [5.74, 6) is -0.0855. The number of hydrogen-bond acceptors (Lipinski definition) is 2. The molecule has 0 aromatic rings. The maximum Gasteiger partial charge on any atom is 0.305 e.